The van der Waals surface area contributed by atoms with Crippen molar-refractivity contribution in [3.05, 3.63) is 59.1 Å². The number of ether oxygens (including phenoxy) is 1. The van der Waals surface area contributed by atoms with Gasteiger partial charge in [0.2, 0.25) is 10.0 Å². The van der Waals surface area contributed by atoms with Crippen LogP contribution in [0.1, 0.15) is 17.3 Å². The molecule has 9 heteroatoms. The molecule has 0 bridgehead atoms. The Bertz CT molecular complexity index is 925. The number of carbonyl (C=O) groups is 2. The summed E-state index contributed by atoms with van der Waals surface area (Å²) < 4.78 is 30.2. The van der Waals surface area contributed by atoms with E-state index in [1.165, 1.54) is 45.3 Å². The Balaban J connectivity index is 2.01. The third-order valence-electron chi connectivity index (χ3n) is 3.63. The lowest BCUT2D eigenvalue weighted by Gasteiger charge is -2.14. The summed E-state index contributed by atoms with van der Waals surface area (Å²) in [6.07, 6.45) is -1.04. The van der Waals surface area contributed by atoms with Crippen LogP contribution < -0.4 is 5.32 Å². The fourth-order valence-electron chi connectivity index (χ4n) is 2.03. The van der Waals surface area contributed by atoms with Crippen molar-refractivity contribution in [3.63, 3.8) is 0 Å². The average Bonchev–Trinajstić information content (AvgIpc) is 2.63. The van der Waals surface area contributed by atoms with Gasteiger partial charge >= 0.3 is 5.97 Å². The van der Waals surface area contributed by atoms with Gasteiger partial charge in [0, 0.05) is 24.8 Å². The second-order valence-electron chi connectivity index (χ2n) is 5.86. The van der Waals surface area contributed by atoms with Gasteiger partial charge in [0.15, 0.2) is 6.10 Å². The van der Waals surface area contributed by atoms with Crippen LogP contribution in [0.5, 0.6) is 0 Å². The molecule has 7 nitrogen and oxygen atoms in total. The van der Waals surface area contributed by atoms with Gasteiger partial charge in [-0.05, 0) is 55.5 Å². The molecular formula is C18H19ClN2O5S. The standard InChI is InChI=1S/C18H19ClN2O5S/c1-12(17(22)20-15-8-6-14(19)7-9-15)26-18(23)13-4-10-16(11-5-13)27(24,25)21(2)3/h4-12H,1-3H3,(H,20,22)/t12-/m0/s1. The van der Waals surface area contributed by atoms with E-state index in [4.69, 9.17) is 16.3 Å². The average molecular weight is 411 g/mol. The van der Waals surface area contributed by atoms with Crippen LogP contribution in [-0.4, -0.2) is 44.8 Å². The fraction of sp³-hybridized carbons (Fsp3) is 0.222. The molecule has 0 fully saturated rings. The van der Waals surface area contributed by atoms with Crippen molar-refractivity contribution in [2.75, 3.05) is 19.4 Å². The van der Waals surface area contributed by atoms with E-state index in [1.54, 1.807) is 24.3 Å². The molecule has 0 radical (unpaired) electrons. The number of rotatable bonds is 6. The first kappa shape index (κ1) is 20.9. The number of amides is 1. The molecule has 0 aliphatic carbocycles. The van der Waals surface area contributed by atoms with Crippen molar-refractivity contribution in [2.24, 2.45) is 0 Å². The van der Waals surface area contributed by atoms with Gasteiger partial charge in [-0.1, -0.05) is 11.6 Å². The predicted octanol–water partition coefficient (Wildman–Crippen LogP) is 2.77. The minimum atomic E-state index is -3.59. The smallest absolute Gasteiger partial charge is 0.338 e. The van der Waals surface area contributed by atoms with Crippen molar-refractivity contribution in [3.8, 4) is 0 Å². The number of hydrogen-bond acceptors (Lipinski definition) is 5. The van der Waals surface area contributed by atoms with Crippen molar-refractivity contribution >= 4 is 39.2 Å². The molecule has 2 rings (SSSR count). The quantitative estimate of drug-likeness (QED) is 0.739. The van der Waals surface area contributed by atoms with E-state index in [-0.39, 0.29) is 10.5 Å². The molecule has 0 aromatic heterocycles. The lowest BCUT2D eigenvalue weighted by molar-refractivity contribution is -0.123. The Hall–Kier alpha value is -2.42. The molecule has 144 valence electrons. The van der Waals surface area contributed by atoms with Crippen LogP contribution in [0.4, 0.5) is 5.69 Å². The summed E-state index contributed by atoms with van der Waals surface area (Å²) in [6, 6.07) is 11.8. The maximum absolute atomic E-state index is 12.2. The molecule has 0 saturated carbocycles. The lowest BCUT2D eigenvalue weighted by Crippen LogP contribution is -2.30. The zero-order valence-electron chi connectivity index (χ0n) is 15.0. The van der Waals surface area contributed by atoms with Crippen LogP contribution in [0, 0.1) is 0 Å². The van der Waals surface area contributed by atoms with Gasteiger partial charge in [0.1, 0.15) is 0 Å². The summed E-state index contributed by atoms with van der Waals surface area (Å²) in [7, 11) is -0.756. The van der Waals surface area contributed by atoms with Crippen molar-refractivity contribution in [1.29, 1.82) is 0 Å². The third-order valence-corrected chi connectivity index (χ3v) is 5.71. The van der Waals surface area contributed by atoms with E-state index >= 15 is 0 Å². The van der Waals surface area contributed by atoms with E-state index in [0.717, 1.165) is 4.31 Å². The first-order valence-corrected chi connectivity index (χ1v) is 9.73. The minimum Gasteiger partial charge on any atom is -0.449 e. The largest absolute Gasteiger partial charge is 0.449 e. The Kier molecular flexibility index (Phi) is 6.59. The maximum Gasteiger partial charge on any atom is 0.338 e. The van der Waals surface area contributed by atoms with Gasteiger partial charge in [-0.2, -0.15) is 0 Å². The number of halogens is 1. The summed E-state index contributed by atoms with van der Waals surface area (Å²) >= 11 is 5.78. The normalized spacial score (nSPS) is 12.5. The van der Waals surface area contributed by atoms with Gasteiger partial charge in [0.05, 0.1) is 10.5 Å². The first-order chi connectivity index (χ1) is 12.6. The molecular weight excluding hydrogens is 392 g/mol. The minimum absolute atomic E-state index is 0.0533. The lowest BCUT2D eigenvalue weighted by atomic mass is 10.2. The highest BCUT2D eigenvalue weighted by Gasteiger charge is 2.21. The highest BCUT2D eigenvalue weighted by atomic mass is 35.5. The third kappa shape index (κ3) is 5.29. The molecule has 0 saturated heterocycles. The van der Waals surface area contributed by atoms with E-state index in [9.17, 15) is 18.0 Å². The first-order valence-electron chi connectivity index (χ1n) is 7.91. The molecule has 0 heterocycles. The Labute approximate surface area is 162 Å². The summed E-state index contributed by atoms with van der Waals surface area (Å²) in [6.45, 7) is 1.44. The summed E-state index contributed by atoms with van der Waals surface area (Å²) in [4.78, 5) is 24.3. The highest BCUT2D eigenvalue weighted by Crippen LogP contribution is 2.16. The Morgan fingerprint density at radius 3 is 2.11 bits per heavy atom. The van der Waals surface area contributed by atoms with E-state index < -0.39 is 28.0 Å². The number of nitrogens with one attached hydrogen (secondary N) is 1. The van der Waals surface area contributed by atoms with Crippen LogP contribution in [0.3, 0.4) is 0 Å². The number of benzene rings is 2. The molecule has 1 amide bonds. The second kappa shape index (κ2) is 8.51. The molecule has 0 aliphatic heterocycles. The van der Waals surface area contributed by atoms with E-state index in [2.05, 4.69) is 5.32 Å². The van der Waals surface area contributed by atoms with E-state index in [0.29, 0.717) is 10.7 Å². The topological polar surface area (TPSA) is 92.8 Å². The number of esters is 1. The van der Waals surface area contributed by atoms with Crippen LogP contribution in [0.2, 0.25) is 5.02 Å². The van der Waals surface area contributed by atoms with Crippen LogP contribution in [-0.2, 0) is 19.6 Å². The molecule has 0 aliphatic rings. The number of anilines is 1. The van der Waals surface area contributed by atoms with Crippen LogP contribution in [0.25, 0.3) is 0 Å². The maximum atomic E-state index is 12.2. The SMILES string of the molecule is C[C@H](OC(=O)c1ccc(S(=O)(=O)N(C)C)cc1)C(=O)Nc1ccc(Cl)cc1. The van der Waals surface area contributed by atoms with Crippen molar-refractivity contribution in [2.45, 2.75) is 17.9 Å². The monoisotopic (exact) mass is 410 g/mol. The molecule has 1 N–H and O–H groups in total. The number of sulfonamides is 1. The van der Waals surface area contributed by atoms with Gasteiger partial charge in [-0.3, -0.25) is 4.79 Å². The molecule has 2 aromatic carbocycles. The summed E-state index contributed by atoms with van der Waals surface area (Å²) in [5.41, 5.74) is 0.657. The molecule has 27 heavy (non-hydrogen) atoms. The number of nitrogens with zero attached hydrogens (tertiary/aromatic N) is 1. The Morgan fingerprint density at radius 2 is 1.59 bits per heavy atom. The number of carbonyl (C=O) groups excluding carboxylic acids is 2. The van der Waals surface area contributed by atoms with Crippen molar-refractivity contribution < 1.29 is 22.7 Å². The summed E-state index contributed by atoms with van der Waals surface area (Å²) in [5, 5.41) is 3.14. The zero-order chi connectivity index (χ0) is 20.2. The number of hydrogen-bond donors (Lipinski definition) is 1. The van der Waals surface area contributed by atoms with Gasteiger partial charge < -0.3 is 10.1 Å². The molecule has 2 aromatic rings. The second-order valence-corrected chi connectivity index (χ2v) is 8.44. The van der Waals surface area contributed by atoms with Crippen LogP contribution in [0.15, 0.2) is 53.4 Å². The highest BCUT2D eigenvalue weighted by molar-refractivity contribution is 7.89. The summed E-state index contributed by atoms with van der Waals surface area (Å²) in [5.74, 6) is -1.24. The fourth-order valence-corrected chi connectivity index (χ4v) is 3.06. The van der Waals surface area contributed by atoms with Crippen LogP contribution >= 0.6 is 11.6 Å². The van der Waals surface area contributed by atoms with Gasteiger partial charge in [-0.25, -0.2) is 17.5 Å². The molecule has 0 unspecified atom stereocenters. The molecule has 0 spiro atoms. The van der Waals surface area contributed by atoms with Gasteiger partial charge in [-0.15, -0.1) is 0 Å². The predicted molar refractivity (Wildman–Crippen MR) is 102 cm³/mol. The Morgan fingerprint density at radius 1 is 1.04 bits per heavy atom. The van der Waals surface area contributed by atoms with Gasteiger partial charge in [0.25, 0.3) is 5.91 Å². The molecule has 1 atom stereocenters. The van der Waals surface area contributed by atoms with Crippen molar-refractivity contribution in [1.82, 2.24) is 4.31 Å². The van der Waals surface area contributed by atoms with E-state index in [1.807, 2.05) is 0 Å². The zero-order valence-corrected chi connectivity index (χ0v) is 16.5.